The van der Waals surface area contributed by atoms with Crippen molar-refractivity contribution in [1.29, 1.82) is 0 Å². The molecule has 0 aliphatic heterocycles. The molecule has 8 heteroatoms. The van der Waals surface area contributed by atoms with Crippen molar-refractivity contribution in [3.63, 3.8) is 0 Å². The van der Waals surface area contributed by atoms with Crippen LogP contribution < -0.4 is 15.4 Å². The van der Waals surface area contributed by atoms with Gasteiger partial charge in [0.25, 0.3) is 0 Å². The van der Waals surface area contributed by atoms with E-state index in [-0.39, 0.29) is 17.6 Å². The Hall–Kier alpha value is -2.58. The lowest BCUT2D eigenvalue weighted by Crippen LogP contribution is -2.14. The highest BCUT2D eigenvalue weighted by Crippen LogP contribution is 2.31. The molecule has 0 aliphatic rings. The van der Waals surface area contributed by atoms with Gasteiger partial charge in [0.2, 0.25) is 11.8 Å². The molecule has 0 bridgehead atoms. The molecule has 0 spiro atoms. The third kappa shape index (κ3) is 4.99. The van der Waals surface area contributed by atoms with Gasteiger partial charge in [-0.25, -0.2) is 4.98 Å². The second-order valence-corrected chi connectivity index (χ2v) is 7.85. The Bertz CT molecular complexity index is 972. The number of fused-ring (bicyclic) bond motifs is 1. The summed E-state index contributed by atoms with van der Waals surface area (Å²) in [7, 11) is 1.57. The Morgan fingerprint density at radius 3 is 2.74 bits per heavy atom. The molecule has 0 aliphatic carbocycles. The number of carbonyl (C=O) groups excluding carboxylic acids is 2. The van der Waals surface area contributed by atoms with Gasteiger partial charge < -0.3 is 15.4 Å². The molecule has 6 nitrogen and oxygen atoms in total. The van der Waals surface area contributed by atoms with Crippen LogP contribution in [-0.2, 0) is 9.59 Å². The van der Waals surface area contributed by atoms with Crippen LogP contribution in [0, 0.1) is 0 Å². The molecule has 2 amide bonds. The molecule has 0 fully saturated rings. The first-order valence-corrected chi connectivity index (χ1v) is 10.2. The molecular weight excluding hydrogens is 382 g/mol. The number of amides is 2. The van der Waals surface area contributed by atoms with Crippen molar-refractivity contribution in [3.05, 3.63) is 42.5 Å². The largest absolute Gasteiger partial charge is 0.495 e. The maximum Gasteiger partial charge on any atom is 0.234 e. The number of anilines is 2. The van der Waals surface area contributed by atoms with Crippen LogP contribution in [0.5, 0.6) is 5.75 Å². The summed E-state index contributed by atoms with van der Waals surface area (Å²) in [5.41, 5.74) is 2.25. The van der Waals surface area contributed by atoms with Crippen LogP contribution in [-0.4, -0.2) is 29.7 Å². The number of thiazole rings is 1. The summed E-state index contributed by atoms with van der Waals surface area (Å²) in [4.78, 5) is 28.3. The molecule has 2 aromatic carbocycles. The SMILES string of the molecule is CCC(=O)Nc1ccc2nc(SCC(=O)Nc3ccccc3OC)sc2c1. The topological polar surface area (TPSA) is 80.3 Å². The van der Waals surface area contributed by atoms with Crippen LogP contribution >= 0.6 is 23.1 Å². The quantitative estimate of drug-likeness (QED) is 0.574. The van der Waals surface area contributed by atoms with Gasteiger partial charge in [-0.1, -0.05) is 30.8 Å². The highest BCUT2D eigenvalue weighted by molar-refractivity contribution is 8.01. The van der Waals surface area contributed by atoms with E-state index in [1.54, 1.807) is 19.2 Å². The number of hydrogen-bond acceptors (Lipinski definition) is 6. The maximum absolute atomic E-state index is 12.2. The minimum atomic E-state index is -0.125. The van der Waals surface area contributed by atoms with Gasteiger partial charge in [-0.05, 0) is 30.3 Å². The average Bonchev–Trinajstić information content (AvgIpc) is 3.09. The first-order valence-electron chi connectivity index (χ1n) is 8.35. The Morgan fingerprint density at radius 1 is 1.15 bits per heavy atom. The summed E-state index contributed by atoms with van der Waals surface area (Å²) in [6.45, 7) is 1.81. The zero-order chi connectivity index (χ0) is 19.2. The average molecular weight is 402 g/mol. The van der Waals surface area contributed by atoms with E-state index in [1.807, 2.05) is 37.3 Å². The molecular formula is C19H19N3O3S2. The van der Waals surface area contributed by atoms with Crippen LogP contribution in [0.25, 0.3) is 10.2 Å². The van der Waals surface area contributed by atoms with Crippen molar-refractivity contribution in [1.82, 2.24) is 4.98 Å². The van der Waals surface area contributed by atoms with Crippen molar-refractivity contribution >= 4 is 56.5 Å². The lowest BCUT2D eigenvalue weighted by Gasteiger charge is -2.09. The minimum Gasteiger partial charge on any atom is -0.495 e. The minimum absolute atomic E-state index is 0.0264. The van der Waals surface area contributed by atoms with Crippen molar-refractivity contribution in [2.24, 2.45) is 0 Å². The normalized spacial score (nSPS) is 10.6. The van der Waals surface area contributed by atoms with Crippen molar-refractivity contribution < 1.29 is 14.3 Å². The summed E-state index contributed by atoms with van der Waals surface area (Å²) >= 11 is 2.88. The predicted octanol–water partition coefficient (Wildman–Crippen LogP) is 4.38. The van der Waals surface area contributed by atoms with Crippen LogP contribution in [0.3, 0.4) is 0 Å². The number of rotatable bonds is 7. The van der Waals surface area contributed by atoms with Crippen LogP contribution in [0.4, 0.5) is 11.4 Å². The molecule has 0 atom stereocenters. The van der Waals surface area contributed by atoms with E-state index in [0.717, 1.165) is 20.2 Å². The summed E-state index contributed by atoms with van der Waals surface area (Å²) in [5.74, 6) is 0.718. The fourth-order valence-electron chi connectivity index (χ4n) is 2.35. The van der Waals surface area contributed by atoms with E-state index in [2.05, 4.69) is 15.6 Å². The monoisotopic (exact) mass is 401 g/mol. The number of thioether (sulfide) groups is 1. The van der Waals surface area contributed by atoms with Gasteiger partial charge in [-0.2, -0.15) is 0 Å². The van der Waals surface area contributed by atoms with E-state index in [0.29, 0.717) is 17.9 Å². The van der Waals surface area contributed by atoms with Gasteiger partial charge in [0.05, 0.1) is 28.8 Å². The molecule has 3 aromatic rings. The number of carbonyl (C=O) groups is 2. The number of aromatic nitrogens is 1. The van der Waals surface area contributed by atoms with E-state index in [1.165, 1.54) is 23.1 Å². The van der Waals surface area contributed by atoms with Crippen LogP contribution in [0.2, 0.25) is 0 Å². The first-order chi connectivity index (χ1) is 13.1. The zero-order valence-corrected chi connectivity index (χ0v) is 16.6. The number of benzene rings is 2. The summed E-state index contributed by atoms with van der Waals surface area (Å²) in [5, 5.41) is 5.69. The van der Waals surface area contributed by atoms with E-state index >= 15 is 0 Å². The maximum atomic E-state index is 12.2. The highest BCUT2D eigenvalue weighted by Gasteiger charge is 2.11. The summed E-state index contributed by atoms with van der Waals surface area (Å²) < 4.78 is 7.01. The third-order valence-corrected chi connectivity index (χ3v) is 5.84. The molecule has 3 rings (SSSR count). The molecule has 140 valence electrons. The number of para-hydroxylation sites is 2. The number of ether oxygens (including phenoxy) is 1. The van der Waals surface area contributed by atoms with Gasteiger partial charge in [-0.15, -0.1) is 11.3 Å². The Morgan fingerprint density at radius 2 is 1.96 bits per heavy atom. The van der Waals surface area contributed by atoms with Crippen LogP contribution in [0.15, 0.2) is 46.8 Å². The second kappa shape index (κ2) is 8.88. The molecule has 0 saturated carbocycles. The van der Waals surface area contributed by atoms with Crippen molar-refractivity contribution in [2.45, 2.75) is 17.7 Å². The number of nitrogens with zero attached hydrogens (tertiary/aromatic N) is 1. The van der Waals surface area contributed by atoms with E-state index < -0.39 is 0 Å². The molecule has 1 heterocycles. The number of methoxy groups -OCH3 is 1. The first kappa shape index (κ1) is 19.2. The Balaban J connectivity index is 1.62. The van der Waals surface area contributed by atoms with Crippen molar-refractivity contribution in [2.75, 3.05) is 23.5 Å². The van der Waals surface area contributed by atoms with Gasteiger partial charge in [-0.3, -0.25) is 9.59 Å². The zero-order valence-electron chi connectivity index (χ0n) is 14.9. The molecule has 0 saturated heterocycles. The van der Waals surface area contributed by atoms with Gasteiger partial charge >= 0.3 is 0 Å². The fraction of sp³-hybridized carbons (Fsp3) is 0.211. The van der Waals surface area contributed by atoms with Crippen LogP contribution in [0.1, 0.15) is 13.3 Å². The fourth-order valence-corrected chi connectivity index (χ4v) is 4.26. The van der Waals surface area contributed by atoms with Crippen molar-refractivity contribution in [3.8, 4) is 5.75 Å². The predicted molar refractivity (Wildman–Crippen MR) is 111 cm³/mol. The summed E-state index contributed by atoms with van der Waals surface area (Å²) in [6, 6.07) is 12.9. The molecule has 0 unspecified atom stereocenters. The summed E-state index contributed by atoms with van der Waals surface area (Å²) in [6.07, 6.45) is 0.434. The van der Waals surface area contributed by atoms with Gasteiger partial charge in [0.15, 0.2) is 4.34 Å². The third-order valence-electron chi connectivity index (χ3n) is 3.68. The van der Waals surface area contributed by atoms with Gasteiger partial charge in [0, 0.05) is 12.1 Å². The Labute approximate surface area is 165 Å². The second-order valence-electron chi connectivity index (χ2n) is 5.60. The number of nitrogens with one attached hydrogen (secondary N) is 2. The highest BCUT2D eigenvalue weighted by atomic mass is 32.2. The number of hydrogen-bond donors (Lipinski definition) is 2. The molecule has 27 heavy (non-hydrogen) atoms. The molecule has 1 aromatic heterocycles. The van der Waals surface area contributed by atoms with Gasteiger partial charge in [0.1, 0.15) is 5.75 Å². The standard InChI is InChI=1S/C19H19N3O3S2/c1-3-17(23)20-12-8-9-14-16(10-12)27-19(22-14)26-11-18(24)21-13-6-4-5-7-15(13)25-2/h4-10H,3,11H2,1-2H3,(H,20,23)(H,21,24). The lowest BCUT2D eigenvalue weighted by molar-refractivity contribution is -0.116. The molecule has 2 N–H and O–H groups in total. The van der Waals surface area contributed by atoms with E-state index in [9.17, 15) is 9.59 Å². The van der Waals surface area contributed by atoms with E-state index in [4.69, 9.17) is 4.74 Å². The lowest BCUT2D eigenvalue weighted by atomic mass is 10.3. The smallest absolute Gasteiger partial charge is 0.234 e. The molecule has 0 radical (unpaired) electrons. The Kier molecular flexibility index (Phi) is 6.31.